The summed E-state index contributed by atoms with van der Waals surface area (Å²) < 4.78 is 16.5. The van der Waals surface area contributed by atoms with Gasteiger partial charge in [0.05, 0.1) is 43.2 Å². The Bertz CT molecular complexity index is 3140. The molecular weight excluding hydrogens is 1210 g/mol. The molecule has 0 saturated carbocycles. The van der Waals surface area contributed by atoms with Crippen LogP contribution in [0.15, 0.2) is 66.7 Å². The van der Waals surface area contributed by atoms with Crippen molar-refractivity contribution in [3.05, 3.63) is 77.9 Å². The van der Waals surface area contributed by atoms with Crippen LogP contribution in [0, 0.1) is 5.92 Å². The van der Waals surface area contributed by atoms with Crippen molar-refractivity contribution in [3.63, 3.8) is 0 Å². The van der Waals surface area contributed by atoms with Gasteiger partial charge in [-0.05, 0) is 86.8 Å². The van der Waals surface area contributed by atoms with E-state index < -0.39 is 171 Å². The maximum atomic E-state index is 14.7. The number of aliphatic hydroxyl groups excluding tert-OH is 6. The zero-order valence-corrected chi connectivity index (χ0v) is 51.9. The summed E-state index contributed by atoms with van der Waals surface area (Å²) in [6, 6.07) is 6.23. The molecule has 8 amide bonds. The summed E-state index contributed by atoms with van der Waals surface area (Å²) in [7, 11) is 3.06. The Hall–Kier alpha value is -7.94. The first kappa shape index (κ1) is 70.5. The lowest BCUT2D eigenvalue weighted by Gasteiger charge is -2.34. The molecule has 0 spiro atoms. The Kier molecular flexibility index (Phi) is 25.9. The second-order valence-corrected chi connectivity index (χ2v) is 23.9. The van der Waals surface area contributed by atoms with Crippen LogP contribution in [0.4, 0.5) is 0 Å². The highest BCUT2D eigenvalue weighted by Crippen LogP contribution is 2.33. The molecule has 0 unspecified atom stereocenters. The number of benzene rings is 3. The molecular formula is C61H83N11O18S. The zero-order chi connectivity index (χ0) is 66.1. The number of phenolic OH excluding ortho intramolecular Hbond substituents is 1. The number of carbonyl (C=O) groups excluding carboxylic acids is 8. The quantitative estimate of drug-likeness (QED) is 0.0356. The van der Waals surface area contributed by atoms with Crippen molar-refractivity contribution >= 4 is 58.6 Å². The number of likely N-dealkylation sites (N-methyl/N-ethyl adjacent to an activating group) is 1. The smallest absolute Gasteiger partial charge is 0.257 e. The molecule has 7 rings (SSSR count). The van der Waals surface area contributed by atoms with E-state index in [-0.39, 0.29) is 36.4 Å². The number of aliphatic hydroxyl groups is 6. The summed E-state index contributed by atoms with van der Waals surface area (Å²) in [5.41, 5.74) is 7.39. The first-order valence-electron chi connectivity index (χ1n) is 30.2. The SMILES string of the molecule is CNC(=O)COc1cc(C[C@@H](O)[C@@H]2NC(=O)[C@@H]3C[C@@H](O)CN3C(=O)[C@H]([C@@H](C)O)NC(=O)[C@@H](NC(=O)c3ccc(-c4nnc(-c5ccc(OCCCCCCCOC)cc5)s4)cc3)C[C@@H](O)CNC(=O)[C@@H]3[C@@H](O)[C@@H](C)CN3C(=O)[C@H]([C@H](O)CCN)NC2=O)ccc1O. The average Bonchev–Trinajstić information content (AvgIpc) is 1.79. The fraction of sp³-hybridized carbons (Fsp3) is 0.541. The van der Waals surface area contributed by atoms with Crippen LogP contribution in [-0.4, -0.2) is 236 Å². The number of ether oxygens (including phenoxy) is 3. The van der Waals surface area contributed by atoms with Crippen molar-refractivity contribution in [1.82, 2.24) is 51.9 Å². The molecule has 4 heterocycles. The normalized spacial score (nSPS) is 24.7. The molecule has 30 heteroatoms. The highest BCUT2D eigenvalue weighted by Gasteiger charge is 2.50. The lowest BCUT2D eigenvalue weighted by Crippen LogP contribution is -2.64. The summed E-state index contributed by atoms with van der Waals surface area (Å²) in [6.45, 7) is 1.72. The molecule has 3 aliphatic rings. The van der Waals surface area contributed by atoms with Gasteiger partial charge < -0.3 is 97.4 Å². The third-order valence-corrected chi connectivity index (χ3v) is 17.0. The molecule has 29 nitrogen and oxygen atoms in total. The molecule has 3 fully saturated rings. The number of nitrogens with zero attached hydrogens (tertiary/aromatic N) is 4. The summed E-state index contributed by atoms with van der Waals surface area (Å²) >= 11 is 1.30. The molecule has 0 aliphatic carbocycles. The van der Waals surface area contributed by atoms with E-state index in [1.54, 1.807) is 19.2 Å². The van der Waals surface area contributed by atoms with Crippen LogP contribution in [-0.2, 0) is 44.7 Å². The molecule has 3 aliphatic heterocycles. The zero-order valence-electron chi connectivity index (χ0n) is 51.1. The molecule has 91 heavy (non-hydrogen) atoms. The maximum absolute atomic E-state index is 14.7. The molecule has 0 radical (unpaired) electrons. The third-order valence-electron chi connectivity index (χ3n) is 16.0. The predicted octanol–water partition coefficient (Wildman–Crippen LogP) is -2.02. The summed E-state index contributed by atoms with van der Waals surface area (Å²) in [6.07, 6.45) is -6.90. The molecule has 3 saturated heterocycles. The number of aromatic nitrogens is 2. The van der Waals surface area contributed by atoms with Crippen molar-refractivity contribution in [1.29, 1.82) is 0 Å². The van der Waals surface area contributed by atoms with Gasteiger partial charge in [0.1, 0.15) is 52.0 Å². The Balaban J connectivity index is 1.15. The number of phenols is 1. The van der Waals surface area contributed by atoms with Gasteiger partial charge in [0.2, 0.25) is 35.4 Å². The number of nitrogens with one attached hydrogen (secondary N) is 6. The van der Waals surface area contributed by atoms with Gasteiger partial charge in [-0.1, -0.05) is 55.7 Å². The van der Waals surface area contributed by atoms with E-state index >= 15 is 0 Å². The number of hydrogen-bond acceptors (Lipinski definition) is 22. The van der Waals surface area contributed by atoms with E-state index in [0.717, 1.165) is 66.7 Å². The Morgan fingerprint density at radius 3 is 2.01 bits per heavy atom. The molecule has 4 aromatic rings. The van der Waals surface area contributed by atoms with Gasteiger partial charge in [-0.2, -0.15) is 0 Å². The topological polar surface area (TPSA) is 436 Å². The highest BCUT2D eigenvalue weighted by molar-refractivity contribution is 7.17. The second-order valence-electron chi connectivity index (χ2n) is 23.0. The van der Waals surface area contributed by atoms with Gasteiger partial charge in [-0.25, -0.2) is 0 Å². The monoisotopic (exact) mass is 1290 g/mol. The van der Waals surface area contributed by atoms with Gasteiger partial charge >= 0.3 is 0 Å². The van der Waals surface area contributed by atoms with Gasteiger partial charge in [0.25, 0.3) is 11.8 Å². The lowest BCUT2D eigenvalue weighted by atomic mass is 9.98. The molecule has 0 bridgehead atoms. The van der Waals surface area contributed by atoms with Crippen LogP contribution in [0.2, 0.25) is 0 Å². The van der Waals surface area contributed by atoms with Crippen LogP contribution in [0.5, 0.6) is 17.2 Å². The van der Waals surface area contributed by atoms with Gasteiger partial charge in [0.15, 0.2) is 18.1 Å². The minimum Gasteiger partial charge on any atom is -0.504 e. The van der Waals surface area contributed by atoms with Crippen molar-refractivity contribution in [3.8, 4) is 38.4 Å². The van der Waals surface area contributed by atoms with Crippen LogP contribution in [0.1, 0.15) is 81.1 Å². The van der Waals surface area contributed by atoms with E-state index in [2.05, 4.69) is 42.1 Å². The van der Waals surface area contributed by atoms with Crippen LogP contribution >= 0.6 is 11.3 Å². The number of rotatable bonds is 23. The van der Waals surface area contributed by atoms with Gasteiger partial charge in [0, 0.05) is 82.3 Å². The number of unbranched alkanes of at least 4 members (excludes halogenated alkanes) is 4. The van der Waals surface area contributed by atoms with Gasteiger partial charge in [-0.15, -0.1) is 10.2 Å². The minimum atomic E-state index is -2.09. The highest BCUT2D eigenvalue weighted by atomic mass is 32.1. The number of fused-ring (bicyclic) bond motifs is 2. The first-order valence-corrected chi connectivity index (χ1v) is 31.0. The Morgan fingerprint density at radius 2 is 1.36 bits per heavy atom. The van der Waals surface area contributed by atoms with Crippen LogP contribution in [0.3, 0.4) is 0 Å². The van der Waals surface area contributed by atoms with E-state index in [1.807, 2.05) is 24.3 Å². The molecule has 1 aromatic heterocycles. The summed E-state index contributed by atoms with van der Waals surface area (Å²) in [5, 5.41) is 104. The van der Waals surface area contributed by atoms with E-state index in [0.29, 0.717) is 22.2 Å². The lowest BCUT2D eigenvalue weighted by molar-refractivity contribution is -0.147. The second kappa shape index (κ2) is 33.4. The first-order chi connectivity index (χ1) is 43.5. The van der Waals surface area contributed by atoms with Crippen LogP contribution in [0.25, 0.3) is 21.1 Å². The maximum Gasteiger partial charge on any atom is 0.257 e. The molecule has 13 atom stereocenters. The molecule has 496 valence electrons. The predicted molar refractivity (Wildman–Crippen MR) is 327 cm³/mol. The van der Waals surface area contributed by atoms with Gasteiger partial charge in [-0.3, -0.25) is 38.4 Å². The number of hydrogen-bond donors (Lipinski definition) is 14. The molecule has 15 N–H and O–H groups in total. The van der Waals surface area contributed by atoms with E-state index in [1.165, 1.54) is 55.6 Å². The number of methoxy groups -OCH3 is 1. The fourth-order valence-electron chi connectivity index (χ4n) is 10.9. The van der Waals surface area contributed by atoms with E-state index in [9.17, 15) is 74.1 Å². The molecule has 3 aromatic carbocycles. The standard InChI is InChI=1S/C61H83N11O18S/c1-32-29-72-51(52(32)80)57(85)64-28-38(74)26-41(65-53(81)35-11-13-36(14-12-35)58-69-70-59(91-58)37-15-17-40(18-16-37)89-23-9-7-5-6-8-22-88-4)54(82)66-48(33(2)73)60(86)71-30-39(75)27-42(71)55(83)67-49(56(84)68-50(61(72)87)44(77)20-21-62)45(78)24-34-10-19-43(76)46(25-34)90-31-47(79)63-3/h10-19,25,32-33,38-39,41-42,44-45,48-52,73-78,80H,5-9,20-24,26-31,62H2,1-4H3,(H,63,79)(H,64,85)(H,65,81)(H,66,82)(H,67,83)(H,68,84)/t32-,33+,38+,39+,41-,42-,44+,45+,48-,49-,50-,51-,52-/m0/s1. The van der Waals surface area contributed by atoms with Crippen LogP contribution < -0.4 is 47.1 Å². The fourth-order valence-corrected chi connectivity index (χ4v) is 11.7. The number of carbonyl (C=O) groups is 8. The van der Waals surface area contributed by atoms with Crippen molar-refractivity contribution < 1.29 is 88.3 Å². The largest absolute Gasteiger partial charge is 0.504 e. The van der Waals surface area contributed by atoms with Crippen molar-refractivity contribution in [2.45, 2.75) is 145 Å². The van der Waals surface area contributed by atoms with Crippen molar-refractivity contribution in [2.75, 3.05) is 60.2 Å². The summed E-state index contributed by atoms with van der Waals surface area (Å²) in [5.74, 6) is -8.95. The number of aromatic hydroxyl groups is 1. The number of nitrogens with two attached hydrogens (primary N) is 1. The minimum absolute atomic E-state index is 0.0243. The van der Waals surface area contributed by atoms with Crippen molar-refractivity contribution in [2.24, 2.45) is 11.7 Å². The number of β-amino-alcohol motifs (C(OH)–C–C–N with tert-alkyl or cyclic N) is 1. The van der Waals surface area contributed by atoms with E-state index in [4.69, 9.17) is 19.9 Å². The Morgan fingerprint density at radius 1 is 0.736 bits per heavy atom. The number of amides is 8. The average molecular weight is 1290 g/mol. The third kappa shape index (κ3) is 18.8. The summed E-state index contributed by atoms with van der Waals surface area (Å²) in [4.78, 5) is 115. The Labute approximate surface area is 529 Å².